The minimum Gasteiger partial charge on any atom is -0.409 e. The Kier molecular flexibility index (Phi) is 6.09. The van der Waals surface area contributed by atoms with Gasteiger partial charge in [0.2, 0.25) is 10.0 Å². The van der Waals surface area contributed by atoms with Crippen molar-refractivity contribution in [3.8, 4) is 0 Å². The fraction of sp³-hybridized carbons (Fsp3) is 0.909. The second-order valence-electron chi connectivity index (χ2n) is 5.83. The molecule has 0 aliphatic heterocycles. The van der Waals surface area contributed by atoms with Gasteiger partial charge in [0, 0.05) is 19.5 Å². The normalized spacial score (nSPS) is 16.0. The van der Waals surface area contributed by atoms with E-state index in [-0.39, 0.29) is 29.5 Å². The Morgan fingerprint density at radius 1 is 1.44 bits per heavy atom. The first-order chi connectivity index (χ1) is 7.99. The molecule has 6 nitrogen and oxygen atoms in total. The number of rotatable bonds is 6. The van der Waals surface area contributed by atoms with Crippen LogP contribution in [0.4, 0.5) is 0 Å². The third kappa shape index (κ3) is 6.20. The third-order valence-electron chi connectivity index (χ3n) is 2.74. The molecule has 0 fully saturated rings. The quantitative estimate of drug-likeness (QED) is 0.329. The van der Waals surface area contributed by atoms with E-state index in [0.717, 1.165) is 0 Å². The largest absolute Gasteiger partial charge is 0.409 e. The van der Waals surface area contributed by atoms with Gasteiger partial charge in [0.05, 0.1) is 5.75 Å². The average molecular weight is 279 g/mol. The topological polar surface area (TPSA) is 96.0 Å². The van der Waals surface area contributed by atoms with Crippen LogP contribution in [0.5, 0.6) is 0 Å². The molecule has 0 saturated heterocycles. The predicted molar refractivity (Wildman–Crippen MR) is 73.1 cm³/mol. The van der Waals surface area contributed by atoms with Gasteiger partial charge in [-0.2, -0.15) is 0 Å². The van der Waals surface area contributed by atoms with E-state index in [4.69, 9.17) is 10.9 Å². The zero-order chi connectivity index (χ0) is 14.6. The Bertz CT molecular complexity index is 385. The van der Waals surface area contributed by atoms with Crippen molar-refractivity contribution in [1.82, 2.24) is 4.31 Å². The Labute approximate surface area is 110 Å². The molecule has 108 valence electrons. The Balaban J connectivity index is 4.54. The molecule has 0 aromatic carbocycles. The van der Waals surface area contributed by atoms with Crippen LogP contribution in [0.25, 0.3) is 0 Å². The molecular formula is C11H25N3O3S. The molecule has 3 N–H and O–H groups in total. The molecule has 0 spiro atoms. The zero-order valence-corrected chi connectivity index (χ0v) is 12.7. The monoisotopic (exact) mass is 279 g/mol. The number of sulfonamides is 1. The minimum atomic E-state index is -3.29. The van der Waals surface area contributed by atoms with Crippen LogP contribution in [0, 0.1) is 11.3 Å². The maximum atomic E-state index is 12.0. The Hall–Kier alpha value is -0.820. The summed E-state index contributed by atoms with van der Waals surface area (Å²) >= 11 is 0. The molecule has 0 aromatic rings. The van der Waals surface area contributed by atoms with Gasteiger partial charge in [-0.3, -0.25) is 0 Å². The fourth-order valence-electron chi connectivity index (χ4n) is 1.28. The van der Waals surface area contributed by atoms with E-state index in [1.165, 1.54) is 11.4 Å². The van der Waals surface area contributed by atoms with Gasteiger partial charge >= 0.3 is 0 Å². The van der Waals surface area contributed by atoms with Gasteiger partial charge in [0.1, 0.15) is 5.84 Å². The summed E-state index contributed by atoms with van der Waals surface area (Å²) in [7, 11) is -1.78. The van der Waals surface area contributed by atoms with Crippen molar-refractivity contribution in [3.05, 3.63) is 0 Å². The maximum Gasteiger partial charge on any atom is 0.213 e. The standard InChI is InChI=1S/C11H25N3O3S/c1-9(10(12)13-15)8-14(5)18(16,17)7-6-11(2,3)4/h9,15H,6-8H2,1-5H3,(H2,12,13). The molecule has 7 heteroatoms. The number of hydrogen-bond acceptors (Lipinski definition) is 4. The van der Waals surface area contributed by atoms with E-state index in [1.807, 2.05) is 20.8 Å². The molecule has 0 aromatic heterocycles. The molecule has 0 aliphatic rings. The lowest BCUT2D eigenvalue weighted by molar-refractivity contribution is 0.312. The second-order valence-corrected chi connectivity index (χ2v) is 8.03. The van der Waals surface area contributed by atoms with Gasteiger partial charge in [0.25, 0.3) is 0 Å². The van der Waals surface area contributed by atoms with Crippen LogP contribution >= 0.6 is 0 Å². The molecule has 18 heavy (non-hydrogen) atoms. The van der Waals surface area contributed by atoms with E-state index in [1.54, 1.807) is 6.92 Å². The van der Waals surface area contributed by atoms with E-state index in [2.05, 4.69) is 5.16 Å². The van der Waals surface area contributed by atoms with Crippen molar-refractivity contribution < 1.29 is 13.6 Å². The van der Waals surface area contributed by atoms with Crippen LogP contribution in [0.15, 0.2) is 5.16 Å². The van der Waals surface area contributed by atoms with Crippen LogP contribution in [-0.2, 0) is 10.0 Å². The van der Waals surface area contributed by atoms with Crippen molar-refractivity contribution >= 4 is 15.9 Å². The smallest absolute Gasteiger partial charge is 0.213 e. The number of nitrogens with zero attached hydrogens (tertiary/aromatic N) is 2. The summed E-state index contributed by atoms with van der Waals surface area (Å²) < 4.78 is 25.3. The summed E-state index contributed by atoms with van der Waals surface area (Å²) in [5.74, 6) is -0.173. The summed E-state index contributed by atoms with van der Waals surface area (Å²) in [6.45, 7) is 7.93. The summed E-state index contributed by atoms with van der Waals surface area (Å²) in [5.41, 5.74) is 5.41. The van der Waals surface area contributed by atoms with Crippen molar-refractivity contribution in [1.29, 1.82) is 0 Å². The van der Waals surface area contributed by atoms with E-state index < -0.39 is 10.0 Å². The highest BCUT2D eigenvalue weighted by atomic mass is 32.2. The molecule has 0 radical (unpaired) electrons. The second kappa shape index (κ2) is 6.38. The van der Waals surface area contributed by atoms with Crippen LogP contribution in [0.1, 0.15) is 34.1 Å². The summed E-state index contributed by atoms with van der Waals surface area (Å²) in [4.78, 5) is 0. The first-order valence-electron chi connectivity index (χ1n) is 5.91. The van der Waals surface area contributed by atoms with Gasteiger partial charge in [0.15, 0.2) is 0 Å². The number of hydrogen-bond donors (Lipinski definition) is 2. The van der Waals surface area contributed by atoms with Gasteiger partial charge in [-0.05, 0) is 11.8 Å². The summed E-state index contributed by atoms with van der Waals surface area (Å²) in [5, 5.41) is 11.4. The van der Waals surface area contributed by atoms with Gasteiger partial charge < -0.3 is 10.9 Å². The van der Waals surface area contributed by atoms with E-state index in [9.17, 15) is 8.42 Å². The van der Waals surface area contributed by atoms with Crippen LogP contribution in [-0.4, -0.2) is 43.1 Å². The van der Waals surface area contributed by atoms with Crippen molar-refractivity contribution in [2.24, 2.45) is 22.2 Å². The highest BCUT2D eigenvalue weighted by Crippen LogP contribution is 2.20. The highest BCUT2D eigenvalue weighted by Gasteiger charge is 2.23. The molecule has 1 unspecified atom stereocenters. The Morgan fingerprint density at radius 2 is 1.94 bits per heavy atom. The predicted octanol–water partition coefficient (Wildman–Crippen LogP) is 1.07. The molecule has 0 aliphatic carbocycles. The molecule has 1 atom stereocenters. The fourth-order valence-corrected chi connectivity index (χ4v) is 2.92. The molecule has 0 bridgehead atoms. The van der Waals surface area contributed by atoms with Crippen LogP contribution in [0.3, 0.4) is 0 Å². The zero-order valence-electron chi connectivity index (χ0n) is 11.8. The summed E-state index contributed by atoms with van der Waals surface area (Å²) in [6.07, 6.45) is 0.595. The van der Waals surface area contributed by atoms with E-state index >= 15 is 0 Å². The minimum absolute atomic E-state index is 0.0227. The lowest BCUT2D eigenvalue weighted by Gasteiger charge is -2.23. The number of nitrogens with two attached hydrogens (primary N) is 1. The lowest BCUT2D eigenvalue weighted by atomic mass is 9.94. The van der Waals surface area contributed by atoms with E-state index in [0.29, 0.717) is 6.42 Å². The van der Waals surface area contributed by atoms with Crippen molar-refractivity contribution in [2.75, 3.05) is 19.3 Å². The van der Waals surface area contributed by atoms with Crippen LogP contribution in [0.2, 0.25) is 0 Å². The molecule has 0 heterocycles. The maximum absolute atomic E-state index is 12.0. The van der Waals surface area contributed by atoms with Gasteiger partial charge in [-0.1, -0.05) is 32.9 Å². The van der Waals surface area contributed by atoms with Crippen LogP contribution < -0.4 is 5.73 Å². The number of oxime groups is 1. The first-order valence-corrected chi connectivity index (χ1v) is 7.52. The molecule has 0 rings (SSSR count). The molecule has 0 amide bonds. The third-order valence-corrected chi connectivity index (χ3v) is 4.56. The van der Waals surface area contributed by atoms with Gasteiger partial charge in [-0.25, -0.2) is 12.7 Å². The van der Waals surface area contributed by atoms with Gasteiger partial charge in [-0.15, -0.1) is 0 Å². The Morgan fingerprint density at radius 3 is 2.33 bits per heavy atom. The van der Waals surface area contributed by atoms with Crippen molar-refractivity contribution in [2.45, 2.75) is 34.1 Å². The average Bonchev–Trinajstić information content (AvgIpc) is 2.24. The SMILES string of the molecule is CC(CN(C)S(=O)(=O)CCC(C)(C)C)C(N)=NO. The molecule has 0 saturated carbocycles. The lowest BCUT2D eigenvalue weighted by Crippen LogP contribution is -2.38. The first kappa shape index (κ1) is 17.2. The van der Waals surface area contributed by atoms with Crippen molar-refractivity contribution in [3.63, 3.8) is 0 Å². The number of amidine groups is 1. The highest BCUT2D eigenvalue weighted by molar-refractivity contribution is 7.89. The summed E-state index contributed by atoms with van der Waals surface area (Å²) in [6, 6.07) is 0. The molecular weight excluding hydrogens is 254 g/mol.